The highest BCUT2D eigenvalue weighted by molar-refractivity contribution is 5.95. The third kappa shape index (κ3) is 3.10. The summed E-state index contributed by atoms with van der Waals surface area (Å²) in [6, 6.07) is 3.81. The topological polar surface area (TPSA) is 69.2 Å². The van der Waals surface area contributed by atoms with E-state index < -0.39 is 0 Å². The van der Waals surface area contributed by atoms with Crippen LogP contribution >= 0.6 is 0 Å². The van der Waals surface area contributed by atoms with Gasteiger partial charge in [0.05, 0.1) is 0 Å². The van der Waals surface area contributed by atoms with Crippen molar-refractivity contribution in [2.24, 2.45) is 11.7 Å². The number of hydrogen-bond donors (Lipinski definition) is 2. The van der Waals surface area contributed by atoms with Crippen LogP contribution in [0.15, 0.2) is 12.1 Å². The second kappa shape index (κ2) is 5.40. The molecule has 0 spiro atoms. The molecular formula is C15H23N5. The number of nitrogen functional groups attached to an aromatic ring is 1. The van der Waals surface area contributed by atoms with Crippen molar-refractivity contribution in [3.8, 4) is 0 Å². The molecule has 0 unspecified atom stereocenters. The second-order valence-corrected chi connectivity index (χ2v) is 6.00. The van der Waals surface area contributed by atoms with E-state index in [4.69, 9.17) is 11.1 Å². The summed E-state index contributed by atoms with van der Waals surface area (Å²) in [6.45, 7) is 7.48. The number of piperazine rings is 1. The van der Waals surface area contributed by atoms with E-state index in [0.29, 0.717) is 0 Å². The van der Waals surface area contributed by atoms with Gasteiger partial charge >= 0.3 is 0 Å². The van der Waals surface area contributed by atoms with Crippen LogP contribution in [-0.2, 0) is 0 Å². The summed E-state index contributed by atoms with van der Waals surface area (Å²) in [5.41, 5.74) is 7.29. The molecule has 1 aromatic rings. The molecule has 0 radical (unpaired) electrons. The van der Waals surface area contributed by atoms with Gasteiger partial charge < -0.3 is 10.6 Å². The number of aryl methyl sites for hydroxylation is 1. The van der Waals surface area contributed by atoms with Gasteiger partial charge in [0.25, 0.3) is 0 Å². The Bertz CT molecular complexity index is 501. The second-order valence-electron chi connectivity index (χ2n) is 6.00. The first kappa shape index (κ1) is 13.4. The van der Waals surface area contributed by atoms with Crippen molar-refractivity contribution in [3.05, 3.63) is 23.4 Å². The molecule has 5 nitrogen and oxygen atoms in total. The maximum atomic E-state index is 7.58. The number of hydrogen-bond acceptors (Lipinski definition) is 4. The fraction of sp³-hybridized carbons (Fsp3) is 0.600. The number of nitrogens with one attached hydrogen (secondary N) is 1. The lowest BCUT2D eigenvalue weighted by atomic mass is 10.2. The molecule has 2 heterocycles. The maximum absolute atomic E-state index is 7.58. The third-order valence-corrected chi connectivity index (χ3v) is 4.16. The van der Waals surface area contributed by atoms with Gasteiger partial charge in [0.15, 0.2) is 0 Å². The van der Waals surface area contributed by atoms with Crippen LogP contribution < -0.4 is 10.6 Å². The van der Waals surface area contributed by atoms with E-state index in [2.05, 4.69) is 14.8 Å². The predicted octanol–water partition coefficient (Wildman–Crippen LogP) is 1.21. The lowest BCUT2D eigenvalue weighted by Crippen LogP contribution is -2.47. The minimum absolute atomic E-state index is 0.115. The van der Waals surface area contributed by atoms with Gasteiger partial charge in [-0.05, 0) is 37.8 Å². The Hall–Kier alpha value is -1.62. The van der Waals surface area contributed by atoms with Crippen LogP contribution in [0.1, 0.15) is 24.1 Å². The molecular weight excluding hydrogens is 250 g/mol. The number of nitrogens with zero attached hydrogens (tertiary/aromatic N) is 3. The molecule has 2 aliphatic rings. The van der Waals surface area contributed by atoms with Gasteiger partial charge in [0, 0.05) is 44.0 Å². The third-order valence-electron chi connectivity index (χ3n) is 4.16. The molecule has 1 saturated heterocycles. The molecule has 3 rings (SSSR count). The summed E-state index contributed by atoms with van der Waals surface area (Å²) >= 11 is 0. The number of aromatic nitrogens is 1. The van der Waals surface area contributed by atoms with Crippen LogP contribution in [0, 0.1) is 18.3 Å². The van der Waals surface area contributed by atoms with Crippen LogP contribution in [0.3, 0.4) is 0 Å². The normalized spacial score (nSPS) is 20.1. The van der Waals surface area contributed by atoms with E-state index in [1.165, 1.54) is 19.4 Å². The highest BCUT2D eigenvalue weighted by Crippen LogP contribution is 2.30. The van der Waals surface area contributed by atoms with Gasteiger partial charge in [-0.15, -0.1) is 0 Å². The van der Waals surface area contributed by atoms with Gasteiger partial charge in [-0.3, -0.25) is 10.3 Å². The van der Waals surface area contributed by atoms with E-state index in [1.54, 1.807) is 0 Å². The number of pyridine rings is 1. The minimum Gasteiger partial charge on any atom is -0.384 e. The lowest BCUT2D eigenvalue weighted by Gasteiger charge is -2.35. The number of rotatable bonds is 4. The molecule has 0 amide bonds. The van der Waals surface area contributed by atoms with Crippen LogP contribution in [-0.4, -0.2) is 48.4 Å². The number of anilines is 1. The van der Waals surface area contributed by atoms with Crippen molar-refractivity contribution in [3.63, 3.8) is 0 Å². The van der Waals surface area contributed by atoms with E-state index in [-0.39, 0.29) is 5.84 Å². The van der Waals surface area contributed by atoms with Gasteiger partial charge in [0.1, 0.15) is 11.7 Å². The average Bonchev–Trinajstić information content (AvgIpc) is 3.23. The van der Waals surface area contributed by atoms with Crippen molar-refractivity contribution < 1.29 is 0 Å². The zero-order chi connectivity index (χ0) is 14.1. The zero-order valence-corrected chi connectivity index (χ0v) is 12.1. The summed E-state index contributed by atoms with van der Waals surface area (Å²) in [7, 11) is 0. The average molecular weight is 273 g/mol. The van der Waals surface area contributed by atoms with E-state index in [0.717, 1.165) is 49.2 Å². The van der Waals surface area contributed by atoms with Crippen molar-refractivity contribution in [2.45, 2.75) is 19.8 Å². The fourth-order valence-corrected chi connectivity index (χ4v) is 2.79. The summed E-state index contributed by atoms with van der Waals surface area (Å²) < 4.78 is 0. The Morgan fingerprint density at radius 1 is 1.30 bits per heavy atom. The van der Waals surface area contributed by atoms with E-state index in [1.807, 2.05) is 19.1 Å². The molecule has 1 aliphatic carbocycles. The fourth-order valence-electron chi connectivity index (χ4n) is 2.79. The Labute approximate surface area is 120 Å². The minimum atomic E-state index is 0.115. The molecule has 5 heteroatoms. The molecule has 2 fully saturated rings. The molecule has 1 saturated carbocycles. The summed E-state index contributed by atoms with van der Waals surface area (Å²) in [6.07, 6.45) is 2.84. The van der Waals surface area contributed by atoms with Gasteiger partial charge in [-0.1, -0.05) is 0 Å². The monoisotopic (exact) mass is 273 g/mol. The quantitative estimate of drug-likeness (QED) is 0.639. The molecule has 0 bridgehead atoms. The Kier molecular flexibility index (Phi) is 3.61. The molecule has 20 heavy (non-hydrogen) atoms. The van der Waals surface area contributed by atoms with Crippen LogP contribution in [0.4, 0.5) is 5.82 Å². The molecule has 1 aromatic heterocycles. The van der Waals surface area contributed by atoms with Crippen LogP contribution in [0.25, 0.3) is 0 Å². The van der Waals surface area contributed by atoms with E-state index in [9.17, 15) is 0 Å². The van der Waals surface area contributed by atoms with Gasteiger partial charge in [-0.25, -0.2) is 4.98 Å². The standard InChI is InChI=1S/C15H23N5/c1-11-8-13(15(16)17)9-14(18-11)20-6-4-19(5-7-20)10-12-2-3-12/h8-9,12H,2-7,10H2,1H3,(H3,16,17). The molecule has 108 valence electrons. The largest absolute Gasteiger partial charge is 0.384 e. The van der Waals surface area contributed by atoms with Crippen molar-refractivity contribution >= 4 is 11.7 Å². The molecule has 3 N–H and O–H groups in total. The summed E-state index contributed by atoms with van der Waals surface area (Å²) in [5.74, 6) is 2.04. The first-order valence-electron chi connectivity index (χ1n) is 7.42. The van der Waals surface area contributed by atoms with Crippen LogP contribution in [0.5, 0.6) is 0 Å². The lowest BCUT2D eigenvalue weighted by molar-refractivity contribution is 0.247. The van der Waals surface area contributed by atoms with Crippen LogP contribution in [0.2, 0.25) is 0 Å². The molecule has 0 atom stereocenters. The Balaban J connectivity index is 1.66. The highest BCUT2D eigenvalue weighted by Gasteiger charge is 2.26. The molecule has 0 aromatic carbocycles. The Morgan fingerprint density at radius 3 is 2.60 bits per heavy atom. The summed E-state index contributed by atoms with van der Waals surface area (Å²) in [4.78, 5) is 9.47. The van der Waals surface area contributed by atoms with Gasteiger partial charge in [-0.2, -0.15) is 0 Å². The smallest absolute Gasteiger partial charge is 0.129 e. The predicted molar refractivity (Wildman–Crippen MR) is 81.4 cm³/mol. The summed E-state index contributed by atoms with van der Waals surface area (Å²) in [5, 5.41) is 7.58. The molecule has 1 aliphatic heterocycles. The zero-order valence-electron chi connectivity index (χ0n) is 12.1. The first-order valence-corrected chi connectivity index (χ1v) is 7.42. The first-order chi connectivity index (χ1) is 9.61. The van der Waals surface area contributed by atoms with Crippen molar-refractivity contribution in [1.29, 1.82) is 5.41 Å². The highest BCUT2D eigenvalue weighted by atomic mass is 15.3. The SMILES string of the molecule is Cc1cc(C(=N)N)cc(N2CCN(CC3CC3)CC2)n1. The number of amidine groups is 1. The van der Waals surface area contributed by atoms with E-state index >= 15 is 0 Å². The van der Waals surface area contributed by atoms with Crippen molar-refractivity contribution in [2.75, 3.05) is 37.6 Å². The van der Waals surface area contributed by atoms with Gasteiger partial charge in [0.2, 0.25) is 0 Å². The van der Waals surface area contributed by atoms with Crippen molar-refractivity contribution in [1.82, 2.24) is 9.88 Å². The number of nitrogens with two attached hydrogens (primary N) is 1. The Morgan fingerprint density at radius 2 is 2.00 bits per heavy atom. The maximum Gasteiger partial charge on any atom is 0.129 e.